The topological polar surface area (TPSA) is 82.5 Å². The van der Waals surface area contributed by atoms with Crippen LogP contribution in [0, 0.1) is 0 Å². The van der Waals surface area contributed by atoms with Crippen LogP contribution in [0.4, 0.5) is 4.79 Å². The van der Waals surface area contributed by atoms with Crippen LogP contribution < -0.4 is 5.32 Å². The number of benzene rings is 1. The van der Waals surface area contributed by atoms with Crippen molar-refractivity contribution in [3.05, 3.63) is 71.8 Å². The van der Waals surface area contributed by atoms with E-state index in [-0.39, 0.29) is 19.1 Å². The number of nitrogens with one attached hydrogen (secondary N) is 1. The van der Waals surface area contributed by atoms with Gasteiger partial charge in [0.1, 0.15) is 18.8 Å². The zero-order chi connectivity index (χ0) is 22.4. The summed E-state index contributed by atoms with van der Waals surface area (Å²) < 4.78 is 12.5. The number of allylic oxidation sites excluding steroid dienone is 1. The van der Waals surface area contributed by atoms with E-state index in [0.717, 1.165) is 22.0 Å². The van der Waals surface area contributed by atoms with Crippen LogP contribution in [0.1, 0.15) is 38.8 Å². The molecular weight excluding hydrogens is 394 g/mol. The fourth-order valence-electron chi connectivity index (χ4n) is 3.12. The number of amides is 1. The van der Waals surface area contributed by atoms with Gasteiger partial charge in [-0.15, -0.1) is 0 Å². The number of rotatable bonds is 6. The SMILES string of the molecule is C/C(=C\c1cn(CC(=O)OC(C)(C)C)c2ccncc12)NC(=O)OCc1ccccc1. The molecule has 31 heavy (non-hydrogen) atoms. The Morgan fingerprint density at radius 3 is 2.61 bits per heavy atom. The molecule has 3 aromatic rings. The van der Waals surface area contributed by atoms with Crippen LogP contribution in [0.5, 0.6) is 0 Å². The normalized spacial score (nSPS) is 11.9. The van der Waals surface area contributed by atoms with Crippen LogP contribution in [0.25, 0.3) is 17.0 Å². The second-order valence-electron chi connectivity index (χ2n) is 8.21. The molecule has 0 fully saturated rings. The van der Waals surface area contributed by atoms with E-state index in [2.05, 4.69) is 10.3 Å². The minimum atomic E-state index is -0.551. The summed E-state index contributed by atoms with van der Waals surface area (Å²) in [4.78, 5) is 28.6. The molecule has 0 aliphatic rings. The Morgan fingerprint density at radius 1 is 1.16 bits per heavy atom. The van der Waals surface area contributed by atoms with Crippen molar-refractivity contribution >= 4 is 29.0 Å². The van der Waals surface area contributed by atoms with Gasteiger partial charge >= 0.3 is 12.1 Å². The number of carbonyl (C=O) groups excluding carboxylic acids is 2. The first-order chi connectivity index (χ1) is 14.7. The highest BCUT2D eigenvalue weighted by Gasteiger charge is 2.18. The number of pyridine rings is 1. The maximum absolute atomic E-state index is 12.3. The summed E-state index contributed by atoms with van der Waals surface area (Å²) in [5.74, 6) is -0.323. The first-order valence-corrected chi connectivity index (χ1v) is 10.0. The van der Waals surface area contributed by atoms with E-state index < -0.39 is 11.7 Å². The number of aromatic nitrogens is 2. The van der Waals surface area contributed by atoms with Crippen molar-refractivity contribution in [2.24, 2.45) is 0 Å². The lowest BCUT2D eigenvalue weighted by Crippen LogP contribution is -2.26. The minimum absolute atomic E-state index is 0.0806. The highest BCUT2D eigenvalue weighted by Crippen LogP contribution is 2.23. The summed E-state index contributed by atoms with van der Waals surface area (Å²) in [7, 11) is 0. The standard InChI is InChI=1S/C24H27N3O4/c1-17(26-23(29)30-16-18-8-6-5-7-9-18)12-19-14-27(15-22(28)31-24(2,3)4)21-10-11-25-13-20(19)21/h5-14H,15-16H2,1-4H3,(H,26,29)/b17-12+. The van der Waals surface area contributed by atoms with Gasteiger partial charge in [-0.1, -0.05) is 30.3 Å². The fourth-order valence-corrected chi connectivity index (χ4v) is 3.12. The maximum atomic E-state index is 12.3. The Bertz CT molecular complexity index is 1090. The molecule has 162 valence electrons. The molecule has 1 N–H and O–H groups in total. The van der Waals surface area contributed by atoms with Crippen LogP contribution >= 0.6 is 0 Å². The van der Waals surface area contributed by atoms with Gasteiger partial charge in [-0.25, -0.2) is 4.79 Å². The molecule has 0 atom stereocenters. The van der Waals surface area contributed by atoms with Gasteiger partial charge in [0, 0.05) is 35.2 Å². The summed E-state index contributed by atoms with van der Waals surface area (Å²) in [6.07, 6.45) is 6.53. The third-order valence-electron chi connectivity index (χ3n) is 4.32. The summed E-state index contributed by atoms with van der Waals surface area (Å²) in [6.45, 7) is 7.56. The molecule has 1 aromatic carbocycles. The van der Waals surface area contributed by atoms with Gasteiger partial charge in [0.2, 0.25) is 0 Å². The third-order valence-corrected chi connectivity index (χ3v) is 4.32. The van der Waals surface area contributed by atoms with Crippen molar-refractivity contribution in [2.75, 3.05) is 0 Å². The first kappa shape index (κ1) is 22.1. The molecule has 0 saturated heterocycles. The quantitative estimate of drug-likeness (QED) is 0.585. The lowest BCUT2D eigenvalue weighted by Gasteiger charge is -2.19. The lowest BCUT2D eigenvalue weighted by molar-refractivity contribution is -0.155. The largest absolute Gasteiger partial charge is 0.459 e. The summed E-state index contributed by atoms with van der Waals surface area (Å²) in [5, 5.41) is 3.59. The summed E-state index contributed by atoms with van der Waals surface area (Å²) in [5.41, 5.74) is 2.65. The van der Waals surface area contributed by atoms with E-state index in [1.807, 2.05) is 74.0 Å². The molecule has 0 aliphatic carbocycles. The van der Waals surface area contributed by atoms with Crippen LogP contribution in [0.15, 0.2) is 60.7 Å². The Hall–Kier alpha value is -3.61. The van der Waals surface area contributed by atoms with Crippen LogP contribution in [0.3, 0.4) is 0 Å². The van der Waals surface area contributed by atoms with Crippen molar-refractivity contribution in [3.8, 4) is 0 Å². The van der Waals surface area contributed by atoms with E-state index in [0.29, 0.717) is 5.70 Å². The molecule has 1 amide bonds. The second kappa shape index (κ2) is 9.47. The van der Waals surface area contributed by atoms with E-state index >= 15 is 0 Å². The van der Waals surface area contributed by atoms with Crippen LogP contribution in [-0.2, 0) is 27.4 Å². The minimum Gasteiger partial charge on any atom is -0.459 e. The zero-order valence-corrected chi connectivity index (χ0v) is 18.2. The van der Waals surface area contributed by atoms with E-state index in [1.165, 1.54) is 0 Å². The Morgan fingerprint density at radius 2 is 1.90 bits per heavy atom. The van der Waals surface area contributed by atoms with Crippen LogP contribution in [0.2, 0.25) is 0 Å². The number of alkyl carbamates (subject to hydrolysis) is 1. The monoisotopic (exact) mass is 421 g/mol. The van der Waals surface area contributed by atoms with E-state index in [1.54, 1.807) is 19.3 Å². The van der Waals surface area contributed by atoms with Crippen LogP contribution in [-0.4, -0.2) is 27.2 Å². The zero-order valence-electron chi connectivity index (χ0n) is 18.2. The fraction of sp³-hybridized carbons (Fsp3) is 0.292. The van der Waals surface area contributed by atoms with Crippen molar-refractivity contribution < 1.29 is 19.1 Å². The van der Waals surface area contributed by atoms with Gasteiger partial charge < -0.3 is 14.0 Å². The van der Waals surface area contributed by atoms with Crippen molar-refractivity contribution in [3.63, 3.8) is 0 Å². The molecule has 2 aromatic heterocycles. The number of esters is 1. The number of carbonyl (C=O) groups is 2. The molecule has 7 heteroatoms. The number of ether oxygens (including phenoxy) is 2. The summed E-state index contributed by atoms with van der Waals surface area (Å²) in [6, 6.07) is 11.3. The lowest BCUT2D eigenvalue weighted by atomic mass is 10.2. The number of fused-ring (bicyclic) bond motifs is 1. The number of hydrogen-bond donors (Lipinski definition) is 1. The molecule has 0 bridgehead atoms. The smallest absolute Gasteiger partial charge is 0.411 e. The van der Waals surface area contributed by atoms with Gasteiger partial charge in [-0.2, -0.15) is 0 Å². The molecule has 2 heterocycles. The molecule has 3 rings (SSSR count). The molecule has 7 nitrogen and oxygen atoms in total. The third kappa shape index (κ3) is 6.44. The molecule has 0 unspecified atom stereocenters. The molecule has 0 spiro atoms. The number of hydrogen-bond acceptors (Lipinski definition) is 5. The second-order valence-corrected chi connectivity index (χ2v) is 8.21. The highest BCUT2D eigenvalue weighted by molar-refractivity contribution is 5.90. The predicted molar refractivity (Wildman–Crippen MR) is 119 cm³/mol. The average Bonchev–Trinajstić information content (AvgIpc) is 3.03. The average molecular weight is 421 g/mol. The van der Waals surface area contributed by atoms with Gasteiger partial charge in [-0.05, 0) is 45.4 Å². The van der Waals surface area contributed by atoms with Gasteiger partial charge in [0.05, 0.1) is 5.52 Å². The predicted octanol–water partition coefficient (Wildman–Crippen LogP) is 4.67. The Labute approximate surface area is 181 Å². The summed E-state index contributed by atoms with van der Waals surface area (Å²) >= 11 is 0. The molecule has 0 saturated carbocycles. The van der Waals surface area contributed by atoms with Crippen molar-refractivity contribution in [2.45, 2.75) is 46.4 Å². The van der Waals surface area contributed by atoms with E-state index in [9.17, 15) is 9.59 Å². The molecular formula is C24H27N3O4. The Balaban J connectivity index is 1.72. The highest BCUT2D eigenvalue weighted by atomic mass is 16.6. The van der Waals surface area contributed by atoms with Gasteiger partial charge in [0.15, 0.2) is 0 Å². The van der Waals surface area contributed by atoms with Gasteiger partial charge in [0.25, 0.3) is 0 Å². The Kier molecular flexibility index (Phi) is 6.74. The first-order valence-electron chi connectivity index (χ1n) is 10.0. The van der Waals surface area contributed by atoms with Crippen molar-refractivity contribution in [1.82, 2.24) is 14.9 Å². The number of nitrogens with zero attached hydrogens (tertiary/aromatic N) is 2. The molecule has 0 aliphatic heterocycles. The van der Waals surface area contributed by atoms with Crippen molar-refractivity contribution in [1.29, 1.82) is 0 Å². The van der Waals surface area contributed by atoms with E-state index in [4.69, 9.17) is 9.47 Å². The maximum Gasteiger partial charge on any atom is 0.411 e. The molecule has 0 radical (unpaired) electrons. The van der Waals surface area contributed by atoms with Gasteiger partial charge in [-0.3, -0.25) is 15.1 Å².